The number of nitro groups is 1. The zero-order chi connectivity index (χ0) is 15.3. The average Bonchev–Trinajstić information content (AvgIpc) is 2.35. The fraction of sp³-hybridized carbons (Fsp3) is 0.333. The zero-order valence-electron chi connectivity index (χ0n) is 11.0. The Labute approximate surface area is 114 Å². The molecular formula is C12H14N2O6. The lowest BCUT2D eigenvalue weighted by Crippen LogP contribution is -2.20. The van der Waals surface area contributed by atoms with Crippen LogP contribution in [0.15, 0.2) is 18.2 Å². The van der Waals surface area contributed by atoms with Crippen LogP contribution in [0, 0.1) is 10.1 Å². The van der Waals surface area contributed by atoms with Crippen LogP contribution in [0.3, 0.4) is 0 Å². The van der Waals surface area contributed by atoms with Crippen LogP contribution in [0.5, 0.6) is 0 Å². The number of anilines is 1. The fourth-order valence-corrected chi connectivity index (χ4v) is 1.33. The second-order valence-electron chi connectivity index (χ2n) is 4.14. The molecule has 8 heteroatoms. The van der Waals surface area contributed by atoms with Crippen LogP contribution in [0.4, 0.5) is 11.4 Å². The van der Waals surface area contributed by atoms with E-state index in [0.29, 0.717) is 0 Å². The minimum absolute atomic E-state index is 0.0258. The van der Waals surface area contributed by atoms with Crippen LogP contribution in [-0.4, -0.2) is 29.6 Å². The number of ether oxygens (including phenoxy) is 2. The van der Waals surface area contributed by atoms with Gasteiger partial charge in [0.2, 0.25) is 0 Å². The van der Waals surface area contributed by atoms with Gasteiger partial charge in [-0.15, -0.1) is 0 Å². The van der Waals surface area contributed by atoms with Gasteiger partial charge in [0.1, 0.15) is 0 Å². The molecule has 1 aromatic carbocycles. The first kappa shape index (κ1) is 15.4. The van der Waals surface area contributed by atoms with E-state index in [0.717, 1.165) is 6.07 Å². The molecule has 0 aromatic heterocycles. The van der Waals surface area contributed by atoms with Crippen molar-refractivity contribution in [2.75, 3.05) is 12.3 Å². The highest BCUT2D eigenvalue weighted by Crippen LogP contribution is 2.20. The molecule has 0 unspecified atom stereocenters. The molecule has 0 aliphatic heterocycles. The molecule has 0 radical (unpaired) electrons. The van der Waals surface area contributed by atoms with E-state index in [1.54, 1.807) is 13.8 Å². The summed E-state index contributed by atoms with van der Waals surface area (Å²) < 4.78 is 9.46. The van der Waals surface area contributed by atoms with Gasteiger partial charge in [0.25, 0.3) is 5.69 Å². The largest absolute Gasteiger partial charge is 0.460 e. The van der Waals surface area contributed by atoms with E-state index < -0.39 is 23.5 Å². The molecule has 108 valence electrons. The molecule has 0 fully saturated rings. The number of benzene rings is 1. The third kappa shape index (κ3) is 4.23. The van der Waals surface area contributed by atoms with Crippen LogP contribution in [0.1, 0.15) is 24.2 Å². The molecule has 8 nitrogen and oxygen atoms in total. The Bertz CT molecular complexity index is 541. The summed E-state index contributed by atoms with van der Waals surface area (Å²) in [7, 11) is 0. The highest BCUT2D eigenvalue weighted by molar-refractivity contribution is 5.96. The fourth-order valence-electron chi connectivity index (χ4n) is 1.33. The van der Waals surface area contributed by atoms with Crippen molar-refractivity contribution in [3.05, 3.63) is 33.9 Å². The maximum absolute atomic E-state index is 11.7. The van der Waals surface area contributed by atoms with E-state index >= 15 is 0 Å². The zero-order valence-corrected chi connectivity index (χ0v) is 11.0. The molecule has 0 spiro atoms. The summed E-state index contributed by atoms with van der Waals surface area (Å²) in [4.78, 5) is 32.9. The Balaban J connectivity index is 2.75. The first-order valence-corrected chi connectivity index (χ1v) is 5.71. The highest BCUT2D eigenvalue weighted by atomic mass is 16.6. The Morgan fingerprint density at radius 3 is 2.60 bits per heavy atom. The van der Waals surface area contributed by atoms with E-state index in [9.17, 15) is 19.7 Å². The Morgan fingerprint density at radius 1 is 1.40 bits per heavy atom. The standard InChI is InChI=1S/C12H14N2O6/c1-7(2)20-11(15)6-19-12(16)9-5-8(14(17)18)3-4-10(9)13/h3-5,7H,6,13H2,1-2H3. The number of esters is 2. The van der Waals surface area contributed by atoms with Crippen LogP contribution in [0.25, 0.3) is 0 Å². The van der Waals surface area contributed by atoms with Gasteiger partial charge in [0, 0.05) is 17.8 Å². The minimum Gasteiger partial charge on any atom is -0.460 e. The molecule has 0 bridgehead atoms. The van der Waals surface area contributed by atoms with E-state index in [2.05, 4.69) is 0 Å². The number of non-ortho nitro benzene ring substituents is 1. The molecule has 2 N–H and O–H groups in total. The van der Waals surface area contributed by atoms with Gasteiger partial charge in [-0.3, -0.25) is 10.1 Å². The van der Waals surface area contributed by atoms with Crippen LogP contribution >= 0.6 is 0 Å². The first-order valence-electron chi connectivity index (χ1n) is 5.71. The molecule has 0 aliphatic rings. The summed E-state index contributed by atoms with van der Waals surface area (Å²) in [5, 5.41) is 10.6. The maximum Gasteiger partial charge on any atom is 0.344 e. The van der Waals surface area contributed by atoms with E-state index in [1.165, 1.54) is 12.1 Å². The number of nitrogens with two attached hydrogens (primary N) is 1. The third-order valence-electron chi connectivity index (χ3n) is 2.16. The lowest BCUT2D eigenvalue weighted by Gasteiger charge is -2.09. The quantitative estimate of drug-likeness (QED) is 0.373. The van der Waals surface area contributed by atoms with E-state index in [-0.39, 0.29) is 23.0 Å². The lowest BCUT2D eigenvalue weighted by molar-refractivity contribution is -0.384. The number of nitrogens with zero attached hydrogens (tertiary/aromatic N) is 1. The monoisotopic (exact) mass is 282 g/mol. The van der Waals surface area contributed by atoms with Crippen molar-refractivity contribution in [3.8, 4) is 0 Å². The molecule has 1 rings (SSSR count). The highest BCUT2D eigenvalue weighted by Gasteiger charge is 2.18. The summed E-state index contributed by atoms with van der Waals surface area (Å²) >= 11 is 0. The molecule has 0 heterocycles. The Morgan fingerprint density at radius 2 is 2.05 bits per heavy atom. The van der Waals surface area contributed by atoms with Crippen molar-refractivity contribution in [1.82, 2.24) is 0 Å². The smallest absolute Gasteiger partial charge is 0.344 e. The number of nitro benzene ring substituents is 1. The predicted octanol–water partition coefficient (Wildman–Crippen LogP) is 1.29. The van der Waals surface area contributed by atoms with Crippen LogP contribution < -0.4 is 5.73 Å². The van der Waals surface area contributed by atoms with Crippen molar-refractivity contribution in [2.45, 2.75) is 20.0 Å². The summed E-state index contributed by atoms with van der Waals surface area (Å²) in [6.45, 7) is 2.72. The van der Waals surface area contributed by atoms with Crippen LogP contribution in [0.2, 0.25) is 0 Å². The van der Waals surface area contributed by atoms with Gasteiger partial charge in [-0.25, -0.2) is 9.59 Å². The number of carbonyl (C=O) groups is 2. The molecule has 0 amide bonds. The number of carbonyl (C=O) groups excluding carboxylic acids is 2. The SMILES string of the molecule is CC(C)OC(=O)COC(=O)c1cc([N+](=O)[O-])ccc1N. The number of hydrogen-bond donors (Lipinski definition) is 1. The number of nitrogen functional groups attached to an aromatic ring is 1. The molecular weight excluding hydrogens is 268 g/mol. The molecule has 0 saturated heterocycles. The van der Waals surface area contributed by atoms with Crippen molar-refractivity contribution in [1.29, 1.82) is 0 Å². The van der Waals surface area contributed by atoms with Crippen molar-refractivity contribution >= 4 is 23.3 Å². The van der Waals surface area contributed by atoms with Gasteiger partial charge in [0.15, 0.2) is 6.61 Å². The van der Waals surface area contributed by atoms with E-state index in [4.69, 9.17) is 15.2 Å². The van der Waals surface area contributed by atoms with Crippen molar-refractivity contribution in [3.63, 3.8) is 0 Å². The normalized spacial score (nSPS) is 10.2. The Kier molecular flexibility index (Phi) is 5.01. The molecule has 1 aromatic rings. The summed E-state index contributed by atoms with van der Waals surface area (Å²) in [6.07, 6.45) is -0.330. The van der Waals surface area contributed by atoms with Gasteiger partial charge < -0.3 is 15.2 Å². The van der Waals surface area contributed by atoms with Gasteiger partial charge in [-0.1, -0.05) is 0 Å². The summed E-state index contributed by atoms with van der Waals surface area (Å²) in [5.41, 5.74) is 5.10. The van der Waals surface area contributed by atoms with Gasteiger partial charge in [0.05, 0.1) is 16.6 Å². The van der Waals surface area contributed by atoms with Crippen molar-refractivity contribution < 1.29 is 24.0 Å². The third-order valence-corrected chi connectivity index (χ3v) is 2.16. The molecule has 20 heavy (non-hydrogen) atoms. The molecule has 0 saturated carbocycles. The first-order chi connectivity index (χ1) is 9.31. The van der Waals surface area contributed by atoms with Gasteiger partial charge in [-0.2, -0.15) is 0 Å². The van der Waals surface area contributed by atoms with E-state index in [1.807, 2.05) is 0 Å². The molecule has 0 atom stereocenters. The summed E-state index contributed by atoms with van der Waals surface area (Å²) in [6, 6.07) is 3.38. The second kappa shape index (κ2) is 6.50. The topological polar surface area (TPSA) is 122 Å². The lowest BCUT2D eigenvalue weighted by atomic mass is 10.1. The van der Waals surface area contributed by atoms with Gasteiger partial charge in [-0.05, 0) is 19.9 Å². The number of rotatable bonds is 5. The van der Waals surface area contributed by atoms with Crippen molar-refractivity contribution in [2.24, 2.45) is 0 Å². The second-order valence-corrected chi connectivity index (χ2v) is 4.14. The Hall–Kier alpha value is -2.64. The predicted molar refractivity (Wildman–Crippen MR) is 69.0 cm³/mol. The van der Waals surface area contributed by atoms with Gasteiger partial charge >= 0.3 is 11.9 Å². The average molecular weight is 282 g/mol. The summed E-state index contributed by atoms with van der Waals surface area (Å²) in [5.74, 6) is -1.63. The molecule has 0 aliphatic carbocycles. The van der Waals surface area contributed by atoms with Crippen LogP contribution in [-0.2, 0) is 14.3 Å². The minimum atomic E-state index is -0.924. The maximum atomic E-state index is 11.7. The number of hydrogen-bond acceptors (Lipinski definition) is 7.